The molecule has 0 bridgehead atoms. The Bertz CT molecular complexity index is 451. The van der Waals surface area contributed by atoms with E-state index in [0.29, 0.717) is 22.3 Å². The largest absolute Gasteiger partial charge is 0.309 e. The van der Waals surface area contributed by atoms with E-state index in [1.807, 2.05) is 6.92 Å². The first-order valence-electron chi connectivity index (χ1n) is 4.95. The maximum atomic E-state index is 11.5. The van der Waals surface area contributed by atoms with E-state index in [9.17, 15) is 4.79 Å². The lowest BCUT2D eigenvalue weighted by Gasteiger charge is -2.02. The van der Waals surface area contributed by atoms with Crippen molar-refractivity contribution in [2.24, 2.45) is 4.99 Å². The number of carbonyl (C=O) groups is 1. The van der Waals surface area contributed by atoms with Crippen molar-refractivity contribution in [3.05, 3.63) is 33.8 Å². The zero-order valence-electron chi connectivity index (χ0n) is 8.63. The van der Waals surface area contributed by atoms with Gasteiger partial charge in [0, 0.05) is 15.6 Å². The highest BCUT2D eigenvalue weighted by Crippen LogP contribution is 2.20. The summed E-state index contributed by atoms with van der Waals surface area (Å²) in [6.07, 6.45) is 0.684. The molecule has 2 rings (SSSR count). The van der Waals surface area contributed by atoms with E-state index in [0.717, 1.165) is 5.56 Å². The molecule has 1 aromatic carbocycles. The molecular weight excluding hydrogens is 247 g/mol. The summed E-state index contributed by atoms with van der Waals surface area (Å²) in [7, 11) is 0. The van der Waals surface area contributed by atoms with Crippen LogP contribution in [0.4, 0.5) is 0 Å². The Kier molecular flexibility index (Phi) is 3.17. The zero-order chi connectivity index (χ0) is 11.7. The number of carbonyl (C=O) groups excluding carboxylic acids is 1. The zero-order valence-corrected chi connectivity index (χ0v) is 10.1. The molecule has 84 valence electrons. The van der Waals surface area contributed by atoms with Crippen LogP contribution < -0.4 is 5.32 Å². The van der Waals surface area contributed by atoms with Crippen LogP contribution in [0.15, 0.2) is 23.2 Å². The van der Waals surface area contributed by atoms with Crippen LogP contribution in [-0.2, 0) is 4.79 Å². The Morgan fingerprint density at radius 2 is 1.94 bits per heavy atom. The van der Waals surface area contributed by atoms with Gasteiger partial charge in [0.1, 0.15) is 11.9 Å². The van der Waals surface area contributed by atoms with Crippen molar-refractivity contribution in [2.45, 2.75) is 19.4 Å². The van der Waals surface area contributed by atoms with E-state index in [-0.39, 0.29) is 11.9 Å². The average molecular weight is 257 g/mol. The van der Waals surface area contributed by atoms with E-state index in [1.54, 1.807) is 18.2 Å². The molecule has 1 N–H and O–H groups in total. The maximum absolute atomic E-state index is 11.5. The molecule has 1 amide bonds. The van der Waals surface area contributed by atoms with E-state index in [4.69, 9.17) is 23.2 Å². The second-order valence-electron chi connectivity index (χ2n) is 3.55. The molecule has 16 heavy (non-hydrogen) atoms. The number of amides is 1. The van der Waals surface area contributed by atoms with Crippen LogP contribution in [-0.4, -0.2) is 17.8 Å². The number of hydrogen-bond acceptors (Lipinski definition) is 2. The van der Waals surface area contributed by atoms with E-state index in [2.05, 4.69) is 10.3 Å². The fourth-order valence-electron chi connectivity index (χ4n) is 1.56. The second-order valence-corrected chi connectivity index (χ2v) is 4.42. The van der Waals surface area contributed by atoms with Crippen LogP contribution in [0, 0.1) is 0 Å². The molecule has 3 nitrogen and oxygen atoms in total. The van der Waals surface area contributed by atoms with Crippen molar-refractivity contribution in [2.75, 3.05) is 0 Å². The van der Waals surface area contributed by atoms with Crippen LogP contribution in [0.1, 0.15) is 18.9 Å². The van der Waals surface area contributed by atoms with Crippen molar-refractivity contribution in [3.63, 3.8) is 0 Å². The lowest BCUT2D eigenvalue weighted by Crippen LogP contribution is -2.28. The van der Waals surface area contributed by atoms with Crippen molar-refractivity contribution in [1.82, 2.24) is 5.32 Å². The Morgan fingerprint density at radius 3 is 2.44 bits per heavy atom. The number of nitrogens with zero attached hydrogens (tertiary/aromatic N) is 1. The quantitative estimate of drug-likeness (QED) is 0.869. The minimum absolute atomic E-state index is 0.0754. The van der Waals surface area contributed by atoms with Gasteiger partial charge in [0.25, 0.3) is 0 Å². The summed E-state index contributed by atoms with van der Waals surface area (Å²) in [4.78, 5) is 15.7. The summed E-state index contributed by atoms with van der Waals surface area (Å²) in [6.45, 7) is 1.92. The van der Waals surface area contributed by atoms with Crippen molar-refractivity contribution < 1.29 is 4.79 Å². The Hall–Kier alpha value is -1.06. The Morgan fingerprint density at radius 1 is 1.31 bits per heavy atom. The molecule has 0 aliphatic carbocycles. The predicted molar refractivity (Wildman–Crippen MR) is 65.2 cm³/mol. The number of aliphatic imine (C=N–C) groups is 1. The number of halogens is 2. The lowest BCUT2D eigenvalue weighted by atomic mass is 10.2. The molecule has 1 heterocycles. The number of rotatable bonds is 2. The van der Waals surface area contributed by atoms with Crippen LogP contribution >= 0.6 is 23.2 Å². The van der Waals surface area contributed by atoms with Crippen molar-refractivity contribution in [1.29, 1.82) is 0 Å². The Labute approximate surface area is 103 Å². The highest BCUT2D eigenvalue weighted by molar-refractivity contribution is 6.35. The molecule has 1 unspecified atom stereocenters. The first kappa shape index (κ1) is 11.4. The summed E-state index contributed by atoms with van der Waals surface area (Å²) >= 11 is 11.8. The monoisotopic (exact) mass is 256 g/mol. The van der Waals surface area contributed by atoms with Gasteiger partial charge in [-0.25, -0.2) is 0 Å². The first-order chi connectivity index (χ1) is 7.60. The van der Waals surface area contributed by atoms with Gasteiger partial charge in [-0.3, -0.25) is 9.79 Å². The average Bonchev–Trinajstić information content (AvgIpc) is 2.58. The molecule has 5 heteroatoms. The van der Waals surface area contributed by atoms with Gasteiger partial charge in [-0.1, -0.05) is 30.1 Å². The van der Waals surface area contributed by atoms with Crippen molar-refractivity contribution >= 4 is 34.9 Å². The molecule has 1 aliphatic rings. The predicted octanol–water partition coefficient (Wildman–Crippen LogP) is 2.65. The smallest absolute Gasteiger partial charge is 0.250 e. The van der Waals surface area contributed by atoms with Gasteiger partial charge in [0.15, 0.2) is 0 Å². The lowest BCUT2D eigenvalue weighted by molar-refractivity contribution is -0.120. The van der Waals surface area contributed by atoms with Crippen LogP contribution in [0.25, 0.3) is 0 Å². The third kappa shape index (κ3) is 2.20. The van der Waals surface area contributed by atoms with E-state index in [1.165, 1.54) is 0 Å². The molecular formula is C11H10Cl2N2O. The van der Waals surface area contributed by atoms with Gasteiger partial charge in [0.2, 0.25) is 5.91 Å². The van der Waals surface area contributed by atoms with Crippen LogP contribution in [0.2, 0.25) is 10.0 Å². The minimum atomic E-state index is -0.298. The summed E-state index contributed by atoms with van der Waals surface area (Å²) < 4.78 is 0. The van der Waals surface area contributed by atoms with Gasteiger partial charge < -0.3 is 5.32 Å². The molecule has 0 saturated heterocycles. The number of benzene rings is 1. The third-order valence-electron chi connectivity index (χ3n) is 2.35. The normalized spacial score (nSPS) is 19.6. The topological polar surface area (TPSA) is 41.5 Å². The molecule has 0 radical (unpaired) electrons. The fraction of sp³-hybridized carbons (Fsp3) is 0.273. The minimum Gasteiger partial charge on any atom is -0.309 e. The SMILES string of the molecule is CCC1N=C(c2cc(Cl)cc(Cl)c2)NC1=O. The highest BCUT2D eigenvalue weighted by Gasteiger charge is 2.25. The summed E-state index contributed by atoms with van der Waals surface area (Å²) in [5.74, 6) is 0.467. The molecule has 1 atom stereocenters. The Balaban J connectivity index is 2.35. The van der Waals surface area contributed by atoms with Crippen LogP contribution in [0.5, 0.6) is 0 Å². The summed E-state index contributed by atoms with van der Waals surface area (Å²) in [5, 5.41) is 3.77. The molecule has 0 fully saturated rings. The van der Waals surface area contributed by atoms with Crippen molar-refractivity contribution in [3.8, 4) is 0 Å². The van der Waals surface area contributed by atoms with Gasteiger partial charge in [-0.05, 0) is 24.6 Å². The molecule has 0 spiro atoms. The second kappa shape index (κ2) is 4.44. The number of nitrogens with one attached hydrogen (secondary N) is 1. The summed E-state index contributed by atoms with van der Waals surface area (Å²) in [5.41, 5.74) is 0.738. The van der Waals surface area contributed by atoms with Gasteiger partial charge in [-0.15, -0.1) is 0 Å². The molecule has 0 saturated carbocycles. The molecule has 1 aromatic rings. The molecule has 1 aliphatic heterocycles. The maximum Gasteiger partial charge on any atom is 0.250 e. The van der Waals surface area contributed by atoms with Gasteiger partial charge in [-0.2, -0.15) is 0 Å². The first-order valence-corrected chi connectivity index (χ1v) is 5.71. The summed E-state index contributed by atoms with van der Waals surface area (Å²) in [6, 6.07) is 4.80. The van der Waals surface area contributed by atoms with Crippen LogP contribution in [0.3, 0.4) is 0 Å². The highest BCUT2D eigenvalue weighted by atomic mass is 35.5. The standard InChI is InChI=1S/C11H10Cl2N2O/c1-2-9-11(16)15-10(14-9)6-3-7(12)5-8(13)4-6/h3-5,9H,2H2,1H3,(H,14,15,16). The fourth-order valence-corrected chi connectivity index (χ4v) is 2.09. The van der Waals surface area contributed by atoms with Gasteiger partial charge in [0.05, 0.1) is 0 Å². The number of hydrogen-bond donors (Lipinski definition) is 1. The van der Waals surface area contributed by atoms with Gasteiger partial charge >= 0.3 is 0 Å². The number of amidine groups is 1. The third-order valence-corrected chi connectivity index (χ3v) is 2.79. The van der Waals surface area contributed by atoms with E-state index >= 15 is 0 Å². The molecule has 0 aromatic heterocycles. The van der Waals surface area contributed by atoms with E-state index < -0.39 is 0 Å².